The number of hydrogen-bond donors (Lipinski definition) is 2. The molecule has 7 nitrogen and oxygen atoms in total. The number of nitrogens with zero attached hydrogens (tertiary/aromatic N) is 4. The van der Waals surface area contributed by atoms with Crippen molar-refractivity contribution in [2.75, 3.05) is 0 Å². The highest BCUT2D eigenvalue weighted by Crippen LogP contribution is 2.18. The Hall–Kier alpha value is -1.75. The summed E-state index contributed by atoms with van der Waals surface area (Å²) < 4.78 is 0. The third kappa shape index (κ3) is 2.95. The van der Waals surface area contributed by atoms with E-state index >= 15 is 0 Å². The maximum Gasteiger partial charge on any atom is 0.332 e. The van der Waals surface area contributed by atoms with Crippen LogP contribution in [0, 0.1) is 0 Å². The van der Waals surface area contributed by atoms with Crippen LogP contribution in [0.25, 0.3) is 10.4 Å². The number of carbonyl (C=O) groups is 1. The molecular formula is C7H12N6O. The first-order chi connectivity index (χ1) is 6.74. The number of nitrogens with one attached hydrogen (secondary N) is 1. The van der Waals surface area contributed by atoms with E-state index in [9.17, 15) is 4.79 Å². The fraction of sp³-hybridized carbons (Fsp3) is 0.714. The lowest BCUT2D eigenvalue weighted by Crippen LogP contribution is -2.30. The van der Waals surface area contributed by atoms with E-state index in [-0.39, 0.29) is 6.04 Å². The van der Waals surface area contributed by atoms with Gasteiger partial charge in [-0.3, -0.25) is 0 Å². The quantitative estimate of drug-likeness (QED) is 0.294. The van der Waals surface area contributed by atoms with Crippen molar-refractivity contribution < 1.29 is 4.79 Å². The van der Waals surface area contributed by atoms with Gasteiger partial charge in [0.2, 0.25) is 0 Å². The third-order valence-electron chi connectivity index (χ3n) is 2.05. The lowest BCUT2D eigenvalue weighted by molar-refractivity contribution is 0.249. The van der Waals surface area contributed by atoms with Gasteiger partial charge in [-0.2, -0.15) is 5.10 Å². The highest BCUT2D eigenvalue weighted by molar-refractivity contribution is 5.91. The minimum Gasteiger partial charge on any atom is -0.350 e. The summed E-state index contributed by atoms with van der Waals surface area (Å²) in [6.45, 7) is 0. The minimum atomic E-state index is -0.706. The van der Waals surface area contributed by atoms with E-state index in [1.165, 1.54) is 0 Å². The first-order valence-electron chi connectivity index (χ1n) is 4.40. The fourth-order valence-corrected chi connectivity index (χ4v) is 1.42. The number of nitrogens with two attached hydrogens (primary N) is 1. The number of amides is 2. The lowest BCUT2D eigenvalue weighted by Gasteiger charge is -2.19. The second-order valence-electron chi connectivity index (χ2n) is 3.05. The second kappa shape index (κ2) is 5.08. The van der Waals surface area contributed by atoms with Crippen molar-refractivity contribution in [1.82, 2.24) is 5.43 Å². The van der Waals surface area contributed by atoms with Gasteiger partial charge in [-0.05, 0) is 24.8 Å². The SMILES string of the molecule is [N-]=[N+]=NC1CCCC/C1=N/NC(N)=O. The molecule has 14 heavy (non-hydrogen) atoms. The Morgan fingerprint density at radius 1 is 1.64 bits per heavy atom. The Labute approximate surface area is 81.0 Å². The molecular weight excluding hydrogens is 184 g/mol. The van der Waals surface area contributed by atoms with Crippen molar-refractivity contribution >= 4 is 11.7 Å². The Morgan fingerprint density at radius 3 is 3.07 bits per heavy atom. The molecule has 76 valence electrons. The maximum absolute atomic E-state index is 10.4. The van der Waals surface area contributed by atoms with E-state index in [1.807, 2.05) is 0 Å². The van der Waals surface area contributed by atoms with Gasteiger partial charge in [0.15, 0.2) is 0 Å². The molecule has 0 spiro atoms. The molecule has 2 amide bonds. The zero-order valence-corrected chi connectivity index (χ0v) is 7.68. The first-order valence-corrected chi connectivity index (χ1v) is 4.40. The van der Waals surface area contributed by atoms with E-state index in [4.69, 9.17) is 11.3 Å². The largest absolute Gasteiger partial charge is 0.350 e. The topological polar surface area (TPSA) is 116 Å². The fourth-order valence-electron chi connectivity index (χ4n) is 1.42. The van der Waals surface area contributed by atoms with Crippen molar-refractivity contribution in [3.8, 4) is 0 Å². The summed E-state index contributed by atoms with van der Waals surface area (Å²) in [6.07, 6.45) is 3.53. The molecule has 7 heteroatoms. The van der Waals surface area contributed by atoms with Gasteiger partial charge in [-0.1, -0.05) is 11.5 Å². The van der Waals surface area contributed by atoms with Crippen LogP contribution in [-0.2, 0) is 0 Å². The number of azide groups is 1. The number of carbonyl (C=O) groups excluding carboxylic acids is 1. The van der Waals surface area contributed by atoms with Gasteiger partial charge in [0, 0.05) is 10.6 Å². The normalized spacial score (nSPS) is 24.0. The first kappa shape index (κ1) is 10.3. The van der Waals surface area contributed by atoms with E-state index in [1.54, 1.807) is 0 Å². The van der Waals surface area contributed by atoms with Crippen molar-refractivity contribution in [1.29, 1.82) is 0 Å². The van der Waals surface area contributed by atoms with Crippen LogP contribution in [0.5, 0.6) is 0 Å². The van der Waals surface area contributed by atoms with Crippen molar-refractivity contribution in [3.05, 3.63) is 10.4 Å². The molecule has 1 aliphatic carbocycles. The molecule has 0 radical (unpaired) electrons. The molecule has 1 saturated carbocycles. The number of primary amides is 1. The van der Waals surface area contributed by atoms with E-state index in [2.05, 4.69) is 20.6 Å². The third-order valence-corrected chi connectivity index (χ3v) is 2.05. The minimum absolute atomic E-state index is 0.236. The molecule has 3 N–H and O–H groups in total. The summed E-state index contributed by atoms with van der Waals surface area (Å²) in [5.41, 5.74) is 16.0. The molecule has 0 saturated heterocycles. The Kier molecular flexibility index (Phi) is 3.75. The van der Waals surface area contributed by atoms with Crippen LogP contribution in [0.3, 0.4) is 0 Å². The average Bonchev–Trinajstić information content (AvgIpc) is 2.17. The number of hydrogen-bond acceptors (Lipinski definition) is 3. The monoisotopic (exact) mass is 196 g/mol. The predicted octanol–water partition coefficient (Wildman–Crippen LogP) is 1.26. The van der Waals surface area contributed by atoms with Crippen molar-refractivity contribution in [3.63, 3.8) is 0 Å². The van der Waals surface area contributed by atoms with Crippen molar-refractivity contribution in [2.45, 2.75) is 31.7 Å². The van der Waals surface area contributed by atoms with Crippen LogP contribution in [0.4, 0.5) is 4.79 Å². The molecule has 0 aromatic heterocycles. The smallest absolute Gasteiger partial charge is 0.332 e. The number of hydrazone groups is 1. The van der Waals surface area contributed by atoms with Crippen LogP contribution >= 0.6 is 0 Å². The highest BCUT2D eigenvalue weighted by atomic mass is 16.2. The van der Waals surface area contributed by atoms with Crippen LogP contribution in [0.2, 0.25) is 0 Å². The predicted molar refractivity (Wildman–Crippen MR) is 51.6 cm³/mol. The van der Waals surface area contributed by atoms with E-state index < -0.39 is 6.03 Å². The van der Waals surface area contributed by atoms with Gasteiger partial charge in [-0.25, -0.2) is 10.2 Å². The van der Waals surface area contributed by atoms with E-state index in [0.717, 1.165) is 25.7 Å². The van der Waals surface area contributed by atoms with Crippen LogP contribution in [-0.4, -0.2) is 17.8 Å². The number of urea groups is 1. The van der Waals surface area contributed by atoms with Gasteiger partial charge >= 0.3 is 6.03 Å². The zero-order chi connectivity index (χ0) is 10.4. The molecule has 0 heterocycles. The second-order valence-corrected chi connectivity index (χ2v) is 3.05. The molecule has 0 aromatic carbocycles. The van der Waals surface area contributed by atoms with Gasteiger partial charge in [-0.15, -0.1) is 0 Å². The molecule has 0 aromatic rings. The van der Waals surface area contributed by atoms with Gasteiger partial charge in [0.25, 0.3) is 0 Å². The Bertz CT molecular complexity index is 293. The molecule has 0 aliphatic heterocycles. The summed E-state index contributed by atoms with van der Waals surface area (Å²) in [5, 5.41) is 7.41. The molecule has 1 atom stereocenters. The molecule has 1 fully saturated rings. The van der Waals surface area contributed by atoms with Gasteiger partial charge < -0.3 is 5.73 Å². The summed E-state index contributed by atoms with van der Waals surface area (Å²) >= 11 is 0. The van der Waals surface area contributed by atoms with Gasteiger partial charge in [0.05, 0.1) is 6.04 Å². The Balaban J connectivity index is 2.66. The molecule has 1 aliphatic rings. The molecule has 1 unspecified atom stereocenters. The molecule has 1 rings (SSSR count). The maximum atomic E-state index is 10.4. The van der Waals surface area contributed by atoms with Crippen LogP contribution < -0.4 is 11.2 Å². The van der Waals surface area contributed by atoms with Crippen LogP contribution in [0.1, 0.15) is 25.7 Å². The summed E-state index contributed by atoms with van der Waals surface area (Å²) in [5.74, 6) is 0. The van der Waals surface area contributed by atoms with Crippen LogP contribution in [0.15, 0.2) is 10.2 Å². The number of rotatable bonds is 2. The summed E-state index contributed by atoms with van der Waals surface area (Å²) in [7, 11) is 0. The zero-order valence-electron chi connectivity index (χ0n) is 7.68. The lowest BCUT2D eigenvalue weighted by atomic mass is 9.94. The Morgan fingerprint density at radius 2 is 2.43 bits per heavy atom. The molecule has 0 bridgehead atoms. The van der Waals surface area contributed by atoms with Gasteiger partial charge in [0.1, 0.15) is 0 Å². The van der Waals surface area contributed by atoms with Crippen molar-refractivity contribution in [2.24, 2.45) is 15.9 Å². The average molecular weight is 196 g/mol. The highest BCUT2D eigenvalue weighted by Gasteiger charge is 2.19. The standard InChI is InChI=1S/C7H12N6O/c8-7(14)12-10-5-3-1-2-4-6(5)11-13-9/h6H,1-4H2,(H3,8,12,14)/b10-5-. The summed E-state index contributed by atoms with van der Waals surface area (Å²) in [4.78, 5) is 13.1. The summed E-state index contributed by atoms with van der Waals surface area (Å²) in [6, 6.07) is -0.941. The van der Waals surface area contributed by atoms with E-state index in [0.29, 0.717) is 5.71 Å².